The largest absolute Gasteiger partial charge is 0.386 e. The minimum Gasteiger partial charge on any atom is -0.386 e. The van der Waals surface area contributed by atoms with E-state index in [1.54, 1.807) is 24.7 Å². The lowest BCUT2D eigenvalue weighted by Crippen LogP contribution is -2.27. The third-order valence-corrected chi connectivity index (χ3v) is 8.10. The summed E-state index contributed by atoms with van der Waals surface area (Å²) in [5.74, 6) is 0.360. The quantitative estimate of drug-likeness (QED) is 0.294. The van der Waals surface area contributed by atoms with E-state index in [9.17, 15) is 5.11 Å². The Labute approximate surface area is 227 Å². The maximum atomic E-state index is 10.9. The first-order valence-corrected chi connectivity index (χ1v) is 13.5. The van der Waals surface area contributed by atoms with Gasteiger partial charge in [-0.05, 0) is 63.3 Å². The van der Waals surface area contributed by atoms with Crippen molar-refractivity contribution in [3.63, 3.8) is 0 Å². The van der Waals surface area contributed by atoms with Crippen LogP contribution < -0.4 is 0 Å². The predicted octanol–water partition coefficient (Wildman–Crippen LogP) is 6.19. The molecule has 8 heteroatoms. The van der Waals surface area contributed by atoms with Crippen molar-refractivity contribution in [2.75, 3.05) is 13.2 Å². The molecule has 3 aromatic heterocycles. The standard InChI is InChI=1S/C30H32ClN5O2/c1-18-28(35(4)34-33-18)21-14-23(31)26-24(15-21)36(25-16-22(30(2,3)37)17-32-27(25)26)29(19-8-6-5-7-9-19)20-10-12-38-13-11-20/h5-9,14-17,20,29,37H,10-13H2,1-4H3/t29-/m1/s1. The summed E-state index contributed by atoms with van der Waals surface area (Å²) in [4.78, 5) is 4.89. The number of hydrogen-bond donors (Lipinski definition) is 1. The molecule has 0 bridgehead atoms. The third kappa shape index (κ3) is 4.19. The van der Waals surface area contributed by atoms with E-state index in [0.29, 0.717) is 10.9 Å². The predicted molar refractivity (Wildman–Crippen MR) is 150 cm³/mol. The molecule has 196 valence electrons. The van der Waals surface area contributed by atoms with Gasteiger partial charge in [-0.15, -0.1) is 5.10 Å². The van der Waals surface area contributed by atoms with Crippen molar-refractivity contribution in [1.82, 2.24) is 24.5 Å². The van der Waals surface area contributed by atoms with Gasteiger partial charge in [0.2, 0.25) is 0 Å². The van der Waals surface area contributed by atoms with E-state index < -0.39 is 5.60 Å². The van der Waals surface area contributed by atoms with Crippen LogP contribution in [-0.2, 0) is 17.4 Å². The molecule has 0 unspecified atom stereocenters. The zero-order valence-corrected chi connectivity index (χ0v) is 22.9. The Morgan fingerprint density at radius 2 is 1.82 bits per heavy atom. The summed E-state index contributed by atoms with van der Waals surface area (Å²) in [6.45, 7) is 7.02. The van der Waals surface area contributed by atoms with Crippen LogP contribution in [0.1, 0.15) is 49.6 Å². The molecule has 1 fully saturated rings. The van der Waals surface area contributed by atoms with Crippen LogP contribution in [-0.4, -0.2) is 42.9 Å². The van der Waals surface area contributed by atoms with E-state index in [-0.39, 0.29) is 6.04 Å². The first-order chi connectivity index (χ1) is 18.2. The zero-order chi connectivity index (χ0) is 26.6. The second-order valence-electron chi connectivity index (χ2n) is 10.8. The minimum atomic E-state index is -1.03. The van der Waals surface area contributed by atoms with Crippen LogP contribution in [0.5, 0.6) is 0 Å². The Bertz CT molecular complexity index is 1610. The van der Waals surface area contributed by atoms with E-state index >= 15 is 0 Å². The number of hydrogen-bond acceptors (Lipinski definition) is 5. The van der Waals surface area contributed by atoms with E-state index in [4.69, 9.17) is 21.3 Å². The minimum absolute atomic E-state index is 0.0380. The fraction of sp³-hybridized carbons (Fsp3) is 0.367. The number of halogens is 1. The van der Waals surface area contributed by atoms with Gasteiger partial charge in [0.05, 0.1) is 44.6 Å². The molecule has 0 radical (unpaired) electrons. The lowest BCUT2D eigenvalue weighted by molar-refractivity contribution is 0.0552. The smallest absolute Gasteiger partial charge is 0.0975 e. The molecule has 6 rings (SSSR count). The lowest BCUT2D eigenvalue weighted by Gasteiger charge is -2.33. The summed E-state index contributed by atoms with van der Waals surface area (Å²) in [5.41, 5.74) is 6.48. The van der Waals surface area contributed by atoms with E-state index in [0.717, 1.165) is 70.5 Å². The Kier molecular flexibility index (Phi) is 6.25. The van der Waals surface area contributed by atoms with Crippen LogP contribution in [0.3, 0.4) is 0 Å². The fourth-order valence-electron chi connectivity index (χ4n) is 5.92. The molecular formula is C30H32ClN5O2. The average Bonchev–Trinajstić information content (AvgIpc) is 3.41. The second-order valence-corrected chi connectivity index (χ2v) is 11.2. The van der Waals surface area contributed by atoms with Gasteiger partial charge in [-0.3, -0.25) is 4.98 Å². The van der Waals surface area contributed by atoms with Crippen molar-refractivity contribution in [3.05, 3.63) is 76.6 Å². The van der Waals surface area contributed by atoms with Crippen LogP contribution in [0.2, 0.25) is 5.02 Å². The van der Waals surface area contributed by atoms with Gasteiger partial charge in [-0.25, -0.2) is 4.68 Å². The highest BCUT2D eigenvalue weighted by Gasteiger charge is 2.31. The fourth-order valence-corrected chi connectivity index (χ4v) is 6.22. The lowest BCUT2D eigenvalue weighted by atomic mass is 9.86. The Morgan fingerprint density at radius 3 is 2.47 bits per heavy atom. The van der Waals surface area contributed by atoms with Crippen molar-refractivity contribution in [1.29, 1.82) is 0 Å². The van der Waals surface area contributed by atoms with E-state index in [1.807, 2.05) is 20.0 Å². The molecule has 1 saturated heterocycles. The first kappa shape index (κ1) is 25.0. The van der Waals surface area contributed by atoms with Gasteiger partial charge >= 0.3 is 0 Å². The monoisotopic (exact) mass is 529 g/mol. The van der Waals surface area contributed by atoms with Crippen molar-refractivity contribution in [3.8, 4) is 11.3 Å². The maximum absolute atomic E-state index is 10.9. The number of aliphatic hydroxyl groups is 1. The molecule has 1 aliphatic heterocycles. The number of pyridine rings is 1. The van der Waals surface area contributed by atoms with Crippen molar-refractivity contribution in [2.24, 2.45) is 13.0 Å². The number of aryl methyl sites for hydroxylation is 2. The molecule has 1 aliphatic rings. The topological polar surface area (TPSA) is 78.0 Å². The third-order valence-electron chi connectivity index (χ3n) is 7.80. The van der Waals surface area contributed by atoms with Crippen LogP contribution in [0, 0.1) is 12.8 Å². The maximum Gasteiger partial charge on any atom is 0.0975 e. The van der Waals surface area contributed by atoms with Crippen LogP contribution in [0.25, 0.3) is 33.2 Å². The number of fused-ring (bicyclic) bond motifs is 3. The number of benzene rings is 2. The summed E-state index contributed by atoms with van der Waals surface area (Å²) in [5, 5.41) is 20.9. The highest BCUT2D eigenvalue weighted by atomic mass is 35.5. The Morgan fingerprint density at radius 1 is 1.08 bits per heavy atom. The van der Waals surface area contributed by atoms with Crippen LogP contribution >= 0.6 is 11.6 Å². The highest BCUT2D eigenvalue weighted by Crippen LogP contribution is 2.44. The summed E-state index contributed by atoms with van der Waals surface area (Å²) in [6.07, 6.45) is 3.67. The second kappa shape index (κ2) is 9.49. The molecule has 0 aliphatic carbocycles. The van der Waals surface area contributed by atoms with Crippen LogP contribution in [0.4, 0.5) is 0 Å². The molecule has 7 nitrogen and oxygen atoms in total. The molecule has 0 saturated carbocycles. The van der Waals surface area contributed by atoms with E-state index in [2.05, 4.69) is 57.3 Å². The summed E-state index contributed by atoms with van der Waals surface area (Å²) in [7, 11) is 1.90. The molecular weight excluding hydrogens is 498 g/mol. The number of ether oxygens (including phenoxy) is 1. The highest BCUT2D eigenvalue weighted by molar-refractivity contribution is 6.38. The molecule has 2 aromatic carbocycles. The number of rotatable bonds is 5. The van der Waals surface area contributed by atoms with Gasteiger partial charge in [-0.2, -0.15) is 0 Å². The number of aromatic nitrogens is 5. The van der Waals surface area contributed by atoms with Crippen molar-refractivity contribution >= 4 is 33.5 Å². The Balaban J connectivity index is 1.73. The SMILES string of the molecule is Cc1nnn(C)c1-c1cc(Cl)c2c3ncc(C(C)(C)O)cc3n([C@H](c3ccccc3)C3CCOCC3)c2c1. The molecule has 1 N–H and O–H groups in total. The number of nitrogens with zero attached hydrogens (tertiary/aromatic N) is 5. The molecule has 0 spiro atoms. The van der Waals surface area contributed by atoms with Gasteiger partial charge in [-0.1, -0.05) is 47.1 Å². The van der Waals surface area contributed by atoms with Gasteiger partial charge < -0.3 is 14.4 Å². The normalized spacial score (nSPS) is 15.9. The van der Waals surface area contributed by atoms with Gasteiger partial charge in [0, 0.05) is 43.0 Å². The van der Waals surface area contributed by atoms with Gasteiger partial charge in [0.1, 0.15) is 0 Å². The van der Waals surface area contributed by atoms with Crippen molar-refractivity contribution < 1.29 is 9.84 Å². The van der Waals surface area contributed by atoms with Gasteiger partial charge in [0.15, 0.2) is 0 Å². The van der Waals surface area contributed by atoms with Gasteiger partial charge in [0.25, 0.3) is 0 Å². The summed E-state index contributed by atoms with van der Waals surface area (Å²) in [6, 6.07) is 16.9. The van der Waals surface area contributed by atoms with Crippen LogP contribution in [0.15, 0.2) is 54.7 Å². The van der Waals surface area contributed by atoms with Crippen molar-refractivity contribution in [2.45, 2.75) is 45.3 Å². The molecule has 1 atom stereocenters. The molecule has 0 amide bonds. The first-order valence-electron chi connectivity index (χ1n) is 13.1. The molecule has 5 aromatic rings. The summed E-state index contributed by atoms with van der Waals surface area (Å²) >= 11 is 7.07. The Hall–Kier alpha value is -3.26. The summed E-state index contributed by atoms with van der Waals surface area (Å²) < 4.78 is 9.95. The zero-order valence-electron chi connectivity index (χ0n) is 22.1. The molecule has 38 heavy (non-hydrogen) atoms. The average molecular weight is 530 g/mol. The molecule has 4 heterocycles. The van der Waals surface area contributed by atoms with E-state index in [1.165, 1.54) is 5.56 Å².